The second-order valence-electron chi connectivity index (χ2n) is 12.2. The summed E-state index contributed by atoms with van der Waals surface area (Å²) >= 11 is 6.25. The standard InChI is InChI=1S/C34H34ClN3O2/c1-33(2,3)25-12-10-23(11-13-25)24-7-4-6-22(18-24)19-30(39)38-17-14-29-28(21-38)31(40)37-32(36-29)34(15-16-34)26-8-5-9-27(35)20-26/h4-13,18,20H,14-17,19,21H2,1-3H3,(H,36,37,40). The molecule has 2 aliphatic rings. The number of rotatable bonds is 5. The Morgan fingerprint density at radius 1 is 1.00 bits per heavy atom. The van der Waals surface area contributed by atoms with Crippen molar-refractivity contribution in [1.29, 1.82) is 0 Å². The molecule has 1 amide bonds. The predicted molar refractivity (Wildman–Crippen MR) is 160 cm³/mol. The van der Waals surface area contributed by atoms with E-state index >= 15 is 0 Å². The lowest BCUT2D eigenvalue weighted by Gasteiger charge is -2.29. The van der Waals surface area contributed by atoms with Gasteiger partial charge in [-0.05, 0) is 58.2 Å². The maximum atomic E-state index is 13.3. The van der Waals surface area contributed by atoms with Gasteiger partial charge in [0.25, 0.3) is 5.56 Å². The highest BCUT2D eigenvalue weighted by Gasteiger charge is 2.49. The van der Waals surface area contributed by atoms with Crippen molar-refractivity contribution in [1.82, 2.24) is 14.9 Å². The summed E-state index contributed by atoms with van der Waals surface area (Å²) in [5, 5.41) is 0.683. The Labute approximate surface area is 240 Å². The fourth-order valence-corrected chi connectivity index (χ4v) is 5.94. The minimum absolute atomic E-state index is 0.0203. The first-order chi connectivity index (χ1) is 19.1. The largest absolute Gasteiger partial charge is 0.337 e. The molecule has 204 valence electrons. The zero-order valence-electron chi connectivity index (χ0n) is 23.3. The molecule has 1 aliphatic heterocycles. The Balaban J connectivity index is 1.17. The maximum absolute atomic E-state index is 13.3. The molecular weight excluding hydrogens is 518 g/mol. The molecule has 1 aliphatic carbocycles. The van der Waals surface area contributed by atoms with Crippen LogP contribution in [0.25, 0.3) is 11.1 Å². The van der Waals surface area contributed by atoms with E-state index in [2.05, 4.69) is 68.2 Å². The molecular formula is C34H34ClN3O2. The first kappa shape index (κ1) is 26.5. The number of hydrogen-bond acceptors (Lipinski definition) is 3. The summed E-state index contributed by atoms with van der Waals surface area (Å²) in [6, 6.07) is 24.6. The van der Waals surface area contributed by atoms with Crippen molar-refractivity contribution >= 4 is 17.5 Å². The number of amides is 1. The molecule has 6 rings (SSSR count). The number of aromatic amines is 1. The van der Waals surface area contributed by atoms with E-state index in [1.54, 1.807) is 4.90 Å². The van der Waals surface area contributed by atoms with Crippen molar-refractivity contribution in [2.75, 3.05) is 6.54 Å². The number of benzene rings is 3. The SMILES string of the molecule is CC(C)(C)c1ccc(-c2cccc(CC(=O)N3CCc4nc(C5(c6cccc(Cl)c6)CC5)[nH]c(=O)c4C3)c2)cc1. The lowest BCUT2D eigenvalue weighted by atomic mass is 9.86. The number of nitrogens with one attached hydrogen (secondary N) is 1. The summed E-state index contributed by atoms with van der Waals surface area (Å²) < 4.78 is 0. The smallest absolute Gasteiger partial charge is 0.256 e. The Morgan fingerprint density at radius 2 is 1.75 bits per heavy atom. The molecule has 1 N–H and O–H groups in total. The number of aromatic nitrogens is 2. The van der Waals surface area contributed by atoms with E-state index in [9.17, 15) is 9.59 Å². The van der Waals surface area contributed by atoms with Crippen LogP contribution in [0.2, 0.25) is 5.02 Å². The number of hydrogen-bond donors (Lipinski definition) is 1. The molecule has 0 radical (unpaired) electrons. The fraction of sp³-hybridized carbons (Fsp3) is 0.324. The van der Waals surface area contributed by atoms with E-state index in [-0.39, 0.29) is 28.8 Å². The number of fused-ring (bicyclic) bond motifs is 1. The molecule has 1 saturated carbocycles. The van der Waals surface area contributed by atoms with Crippen LogP contribution in [-0.4, -0.2) is 27.3 Å². The minimum atomic E-state index is -0.274. The molecule has 2 heterocycles. The van der Waals surface area contributed by atoms with E-state index in [1.165, 1.54) is 5.56 Å². The van der Waals surface area contributed by atoms with Gasteiger partial charge in [0.05, 0.1) is 29.6 Å². The highest BCUT2D eigenvalue weighted by molar-refractivity contribution is 6.30. The quantitative estimate of drug-likeness (QED) is 0.304. The minimum Gasteiger partial charge on any atom is -0.337 e. The van der Waals surface area contributed by atoms with Crippen molar-refractivity contribution in [3.8, 4) is 11.1 Å². The third-order valence-corrected chi connectivity index (χ3v) is 8.60. The topological polar surface area (TPSA) is 66.1 Å². The maximum Gasteiger partial charge on any atom is 0.256 e. The molecule has 1 fully saturated rings. The van der Waals surface area contributed by atoms with Gasteiger partial charge in [-0.2, -0.15) is 0 Å². The summed E-state index contributed by atoms with van der Waals surface area (Å²) in [7, 11) is 0. The van der Waals surface area contributed by atoms with Gasteiger partial charge in [0.15, 0.2) is 0 Å². The Bertz CT molecular complexity index is 1650. The molecule has 40 heavy (non-hydrogen) atoms. The van der Waals surface area contributed by atoms with Gasteiger partial charge < -0.3 is 9.88 Å². The van der Waals surface area contributed by atoms with Gasteiger partial charge in [0.2, 0.25) is 5.91 Å². The fourth-order valence-electron chi connectivity index (χ4n) is 5.75. The third-order valence-electron chi connectivity index (χ3n) is 8.37. The second kappa shape index (κ2) is 10.0. The van der Waals surface area contributed by atoms with Gasteiger partial charge in [-0.3, -0.25) is 9.59 Å². The number of nitrogens with zero attached hydrogens (tertiary/aromatic N) is 2. The molecule has 4 aromatic rings. The number of H-pyrrole nitrogens is 1. The van der Waals surface area contributed by atoms with Crippen molar-refractivity contribution in [3.63, 3.8) is 0 Å². The van der Waals surface area contributed by atoms with E-state index in [1.807, 2.05) is 30.3 Å². The van der Waals surface area contributed by atoms with Crippen LogP contribution in [0, 0.1) is 0 Å². The van der Waals surface area contributed by atoms with Crippen LogP contribution in [-0.2, 0) is 35.0 Å². The Morgan fingerprint density at radius 3 is 2.45 bits per heavy atom. The van der Waals surface area contributed by atoms with Gasteiger partial charge in [0, 0.05) is 18.0 Å². The van der Waals surface area contributed by atoms with E-state index in [0.717, 1.165) is 40.8 Å². The normalized spacial score (nSPS) is 15.9. The first-order valence-corrected chi connectivity index (χ1v) is 14.4. The molecule has 3 aromatic carbocycles. The highest BCUT2D eigenvalue weighted by Crippen LogP contribution is 2.52. The summed E-state index contributed by atoms with van der Waals surface area (Å²) in [6.07, 6.45) is 2.73. The molecule has 0 bridgehead atoms. The summed E-state index contributed by atoms with van der Waals surface area (Å²) in [5.74, 6) is 0.734. The van der Waals surface area contributed by atoms with Crippen LogP contribution in [0.1, 0.15) is 67.4 Å². The average molecular weight is 552 g/mol. The predicted octanol–water partition coefficient (Wildman–Crippen LogP) is 6.60. The molecule has 0 unspecified atom stereocenters. The van der Waals surface area contributed by atoms with Gasteiger partial charge >= 0.3 is 0 Å². The summed E-state index contributed by atoms with van der Waals surface area (Å²) in [4.78, 5) is 36.3. The lowest BCUT2D eigenvalue weighted by molar-refractivity contribution is -0.131. The highest BCUT2D eigenvalue weighted by atomic mass is 35.5. The second-order valence-corrected chi connectivity index (χ2v) is 12.6. The zero-order valence-corrected chi connectivity index (χ0v) is 24.0. The van der Waals surface area contributed by atoms with E-state index in [0.29, 0.717) is 35.8 Å². The van der Waals surface area contributed by atoms with Crippen LogP contribution < -0.4 is 5.56 Å². The molecule has 0 saturated heterocycles. The molecule has 0 spiro atoms. The van der Waals surface area contributed by atoms with Crippen LogP contribution in [0.3, 0.4) is 0 Å². The lowest BCUT2D eigenvalue weighted by Crippen LogP contribution is -2.41. The van der Waals surface area contributed by atoms with E-state index < -0.39 is 0 Å². The van der Waals surface area contributed by atoms with E-state index in [4.69, 9.17) is 16.6 Å². The van der Waals surface area contributed by atoms with Crippen LogP contribution >= 0.6 is 11.6 Å². The van der Waals surface area contributed by atoms with Crippen molar-refractivity contribution < 1.29 is 4.79 Å². The van der Waals surface area contributed by atoms with Gasteiger partial charge in [-0.1, -0.05) is 93.0 Å². The van der Waals surface area contributed by atoms with Gasteiger partial charge in [-0.25, -0.2) is 4.98 Å². The van der Waals surface area contributed by atoms with Gasteiger partial charge in [-0.15, -0.1) is 0 Å². The number of halogens is 1. The van der Waals surface area contributed by atoms with Crippen molar-refractivity contribution in [3.05, 3.63) is 122 Å². The molecule has 6 heteroatoms. The third kappa shape index (κ3) is 5.11. The summed E-state index contributed by atoms with van der Waals surface area (Å²) in [5.41, 5.74) is 6.65. The number of carbonyl (C=O) groups excluding carboxylic acids is 1. The van der Waals surface area contributed by atoms with Crippen molar-refractivity contribution in [2.45, 2.75) is 63.8 Å². The van der Waals surface area contributed by atoms with Crippen LogP contribution in [0.15, 0.2) is 77.6 Å². The van der Waals surface area contributed by atoms with Gasteiger partial charge in [0.1, 0.15) is 5.82 Å². The molecule has 0 atom stereocenters. The van der Waals surface area contributed by atoms with Crippen LogP contribution in [0.4, 0.5) is 0 Å². The first-order valence-electron chi connectivity index (χ1n) is 14.0. The zero-order chi connectivity index (χ0) is 28.1. The number of carbonyl (C=O) groups is 1. The Hall–Kier alpha value is -3.70. The Kier molecular flexibility index (Phi) is 6.66. The van der Waals surface area contributed by atoms with Crippen molar-refractivity contribution in [2.24, 2.45) is 0 Å². The molecule has 5 nitrogen and oxygen atoms in total. The summed E-state index contributed by atoms with van der Waals surface area (Å²) in [6.45, 7) is 7.47. The monoisotopic (exact) mass is 551 g/mol. The average Bonchev–Trinajstić information content (AvgIpc) is 3.75. The molecule has 1 aromatic heterocycles. The van der Waals surface area contributed by atoms with Crippen LogP contribution in [0.5, 0.6) is 0 Å².